The first-order valence-corrected chi connectivity index (χ1v) is 3.49. The number of carbonyl (C=O) groups is 1. The van der Waals surface area contributed by atoms with E-state index < -0.39 is 35.9 Å². The first-order chi connectivity index (χ1) is 6.52. The molecule has 0 aliphatic rings. The van der Waals surface area contributed by atoms with Crippen molar-refractivity contribution in [1.29, 1.82) is 0 Å². The second kappa shape index (κ2) is 4.11. The molecule has 0 spiro atoms. The number of hydrogen-bond acceptors (Lipinski definition) is 1. The van der Waals surface area contributed by atoms with Crippen molar-refractivity contribution in [3.05, 3.63) is 11.6 Å². The fraction of sp³-hybridized carbons (Fsp3) is 0.571. The Balaban J connectivity index is 5.35. The molecule has 0 bridgehead atoms. The van der Waals surface area contributed by atoms with Gasteiger partial charge in [-0.1, -0.05) is 0 Å². The number of carboxylic acid groups (broad SMARTS) is 1. The Morgan fingerprint density at radius 2 is 1.67 bits per heavy atom. The summed E-state index contributed by atoms with van der Waals surface area (Å²) in [7, 11) is 0. The summed E-state index contributed by atoms with van der Waals surface area (Å²) in [5.41, 5.74) is -6.08. The third kappa shape index (κ3) is 2.87. The number of rotatable bonds is 3. The molecular formula is C7H6F6O2. The fourth-order valence-electron chi connectivity index (χ4n) is 0.645. The average Bonchev–Trinajstić information content (AvgIpc) is 2.01. The van der Waals surface area contributed by atoms with Gasteiger partial charge in [-0.25, -0.2) is 18.0 Å². The summed E-state index contributed by atoms with van der Waals surface area (Å²) >= 11 is 0. The number of alkyl halides is 6. The highest BCUT2D eigenvalue weighted by Crippen LogP contribution is 2.40. The van der Waals surface area contributed by atoms with Gasteiger partial charge in [-0.15, -0.1) is 0 Å². The van der Waals surface area contributed by atoms with E-state index in [-0.39, 0.29) is 0 Å². The molecule has 0 aliphatic heterocycles. The van der Waals surface area contributed by atoms with Crippen molar-refractivity contribution in [2.45, 2.75) is 25.2 Å². The first kappa shape index (κ1) is 13.8. The minimum Gasteiger partial charge on any atom is -0.478 e. The summed E-state index contributed by atoms with van der Waals surface area (Å²) in [5.74, 6) is -1.90. The summed E-state index contributed by atoms with van der Waals surface area (Å²) < 4.78 is 72.2. The van der Waals surface area contributed by atoms with Gasteiger partial charge in [0.2, 0.25) is 0 Å². The van der Waals surface area contributed by atoms with Gasteiger partial charge < -0.3 is 5.11 Å². The van der Waals surface area contributed by atoms with Crippen LogP contribution < -0.4 is 0 Å². The fourth-order valence-corrected chi connectivity index (χ4v) is 0.645. The highest BCUT2D eigenvalue weighted by atomic mass is 19.4. The maximum Gasteiger partial charge on any atom is 0.431 e. The van der Waals surface area contributed by atoms with Gasteiger partial charge in [0.05, 0.1) is 0 Å². The molecule has 1 N–H and O–H groups in total. The van der Waals surface area contributed by atoms with Crippen molar-refractivity contribution in [3.8, 4) is 0 Å². The van der Waals surface area contributed by atoms with E-state index in [1.54, 1.807) is 0 Å². The van der Waals surface area contributed by atoms with Crippen LogP contribution in [0.2, 0.25) is 0 Å². The number of carboxylic acids is 1. The normalized spacial score (nSPS) is 17.7. The molecule has 15 heavy (non-hydrogen) atoms. The van der Waals surface area contributed by atoms with Crippen LogP contribution in [0.25, 0.3) is 0 Å². The van der Waals surface area contributed by atoms with Crippen LogP contribution in [0, 0.1) is 0 Å². The summed E-state index contributed by atoms with van der Waals surface area (Å²) in [6.45, 7) is 0.588. The van der Waals surface area contributed by atoms with Crippen LogP contribution in [0.1, 0.15) is 6.92 Å². The topological polar surface area (TPSA) is 37.3 Å². The molecular weight excluding hydrogens is 230 g/mol. The highest BCUT2D eigenvalue weighted by molar-refractivity contribution is 5.86. The zero-order valence-corrected chi connectivity index (χ0v) is 7.28. The van der Waals surface area contributed by atoms with E-state index in [1.165, 1.54) is 0 Å². The SMILES string of the molecule is CC(=CC(F)(C(F)F)C(F)(F)F)C(=O)O. The lowest BCUT2D eigenvalue weighted by atomic mass is 10.0. The van der Waals surface area contributed by atoms with Crippen LogP contribution in [0.3, 0.4) is 0 Å². The van der Waals surface area contributed by atoms with E-state index in [9.17, 15) is 31.1 Å². The molecule has 8 heteroatoms. The minimum atomic E-state index is -5.86. The number of halogens is 6. The summed E-state index contributed by atoms with van der Waals surface area (Å²) in [5, 5.41) is 8.15. The van der Waals surface area contributed by atoms with Gasteiger partial charge in [0.1, 0.15) is 0 Å². The van der Waals surface area contributed by atoms with E-state index in [2.05, 4.69) is 0 Å². The minimum absolute atomic E-state index is 0.588. The maximum absolute atomic E-state index is 12.8. The highest BCUT2D eigenvalue weighted by Gasteiger charge is 2.61. The van der Waals surface area contributed by atoms with Crippen LogP contribution in [-0.4, -0.2) is 29.3 Å². The van der Waals surface area contributed by atoms with E-state index in [0.717, 1.165) is 0 Å². The zero-order chi connectivity index (χ0) is 12.4. The Kier molecular flexibility index (Phi) is 3.78. The van der Waals surface area contributed by atoms with Gasteiger partial charge in [0, 0.05) is 5.57 Å². The lowest BCUT2D eigenvalue weighted by Crippen LogP contribution is -2.46. The van der Waals surface area contributed by atoms with Crippen molar-refractivity contribution >= 4 is 5.97 Å². The molecule has 0 fully saturated rings. The van der Waals surface area contributed by atoms with Crippen molar-refractivity contribution in [2.75, 3.05) is 0 Å². The van der Waals surface area contributed by atoms with Crippen LogP contribution in [-0.2, 0) is 4.79 Å². The number of hydrogen-bond donors (Lipinski definition) is 1. The molecule has 0 aromatic rings. The quantitative estimate of drug-likeness (QED) is 0.604. The molecule has 0 aromatic heterocycles. The van der Waals surface area contributed by atoms with Crippen molar-refractivity contribution < 1.29 is 36.2 Å². The largest absolute Gasteiger partial charge is 0.478 e. The Bertz CT molecular complexity index is 282. The maximum atomic E-state index is 12.8. The molecule has 0 saturated heterocycles. The van der Waals surface area contributed by atoms with Gasteiger partial charge in [-0.2, -0.15) is 13.2 Å². The van der Waals surface area contributed by atoms with Gasteiger partial charge in [-0.3, -0.25) is 0 Å². The molecule has 1 unspecified atom stereocenters. The monoisotopic (exact) mass is 236 g/mol. The van der Waals surface area contributed by atoms with Crippen LogP contribution >= 0.6 is 0 Å². The van der Waals surface area contributed by atoms with Crippen LogP contribution in [0.15, 0.2) is 11.6 Å². The molecule has 0 rings (SSSR count). The third-order valence-electron chi connectivity index (χ3n) is 1.52. The summed E-state index contributed by atoms with van der Waals surface area (Å²) in [6.07, 6.45) is -10.9. The Hall–Kier alpha value is -1.21. The molecule has 0 aliphatic carbocycles. The molecule has 0 saturated carbocycles. The van der Waals surface area contributed by atoms with Crippen molar-refractivity contribution in [3.63, 3.8) is 0 Å². The standard InChI is InChI=1S/C7H6F6O2/c1-3(4(14)15)2-6(10,5(8)9)7(11,12)13/h2,5H,1H3,(H,14,15). The number of aliphatic carboxylic acids is 1. The van der Waals surface area contributed by atoms with E-state index >= 15 is 0 Å². The van der Waals surface area contributed by atoms with Crippen LogP contribution in [0.4, 0.5) is 26.3 Å². The van der Waals surface area contributed by atoms with Gasteiger partial charge in [0.25, 0.3) is 12.1 Å². The molecule has 0 amide bonds. The third-order valence-corrected chi connectivity index (χ3v) is 1.52. The van der Waals surface area contributed by atoms with E-state index in [0.29, 0.717) is 6.92 Å². The second-order valence-corrected chi connectivity index (χ2v) is 2.70. The second-order valence-electron chi connectivity index (χ2n) is 2.70. The molecule has 0 heterocycles. The van der Waals surface area contributed by atoms with Crippen molar-refractivity contribution in [1.82, 2.24) is 0 Å². The molecule has 88 valence electrons. The Labute approximate surface area is 80.2 Å². The molecule has 0 radical (unpaired) electrons. The van der Waals surface area contributed by atoms with E-state index in [1.807, 2.05) is 0 Å². The number of allylic oxidation sites excluding steroid dienone is 1. The molecule has 2 nitrogen and oxygen atoms in total. The Morgan fingerprint density at radius 1 is 1.27 bits per heavy atom. The summed E-state index contributed by atoms with van der Waals surface area (Å²) in [6, 6.07) is 0. The van der Waals surface area contributed by atoms with Gasteiger partial charge >= 0.3 is 12.1 Å². The first-order valence-electron chi connectivity index (χ1n) is 3.49. The lowest BCUT2D eigenvalue weighted by Gasteiger charge is -2.24. The smallest absolute Gasteiger partial charge is 0.431 e. The van der Waals surface area contributed by atoms with Crippen LogP contribution in [0.5, 0.6) is 0 Å². The Morgan fingerprint density at radius 3 is 1.87 bits per heavy atom. The zero-order valence-electron chi connectivity index (χ0n) is 7.28. The van der Waals surface area contributed by atoms with Gasteiger partial charge in [0.15, 0.2) is 0 Å². The molecule has 0 aromatic carbocycles. The molecule has 1 atom stereocenters. The lowest BCUT2D eigenvalue weighted by molar-refractivity contribution is -0.247. The summed E-state index contributed by atoms with van der Waals surface area (Å²) in [4.78, 5) is 10.1. The predicted molar refractivity (Wildman–Crippen MR) is 37.3 cm³/mol. The average molecular weight is 236 g/mol. The van der Waals surface area contributed by atoms with Gasteiger partial charge in [-0.05, 0) is 13.0 Å². The van der Waals surface area contributed by atoms with Crippen molar-refractivity contribution in [2.24, 2.45) is 0 Å². The predicted octanol–water partition coefficient (Wildman–Crippen LogP) is 2.55. The van der Waals surface area contributed by atoms with E-state index in [4.69, 9.17) is 5.11 Å².